The van der Waals surface area contributed by atoms with Crippen LogP contribution in [-0.4, -0.2) is 59.5 Å². The van der Waals surface area contributed by atoms with Crippen LogP contribution in [-0.2, 0) is 4.79 Å². The Morgan fingerprint density at radius 2 is 1.95 bits per heavy atom. The van der Waals surface area contributed by atoms with Gasteiger partial charge in [0.2, 0.25) is 5.91 Å². The minimum atomic E-state index is -0.884. The molecule has 6 heteroatoms. The Bertz CT molecular complexity index is 380. The zero-order valence-corrected chi connectivity index (χ0v) is 13.8. The van der Waals surface area contributed by atoms with Crippen molar-refractivity contribution in [2.45, 2.75) is 52.5 Å². The van der Waals surface area contributed by atoms with Gasteiger partial charge < -0.3 is 20.7 Å². The predicted octanol–water partition coefficient (Wildman–Crippen LogP) is 1.48. The number of carbonyl (C=O) groups is 1. The lowest BCUT2D eigenvalue weighted by atomic mass is 9.79. The van der Waals surface area contributed by atoms with E-state index in [2.05, 4.69) is 24.0 Å². The highest BCUT2D eigenvalue weighted by molar-refractivity contribution is 6.06. The van der Waals surface area contributed by atoms with Crippen LogP contribution >= 0.6 is 0 Å². The van der Waals surface area contributed by atoms with Gasteiger partial charge in [-0.3, -0.25) is 4.79 Å². The summed E-state index contributed by atoms with van der Waals surface area (Å²) >= 11 is 0. The average Bonchev–Trinajstić information content (AvgIpc) is 2.69. The van der Waals surface area contributed by atoms with Crippen LogP contribution in [0.4, 0.5) is 0 Å². The molecule has 0 bridgehead atoms. The van der Waals surface area contributed by atoms with Gasteiger partial charge in [0.15, 0.2) is 5.84 Å². The van der Waals surface area contributed by atoms with Gasteiger partial charge in [-0.25, -0.2) is 0 Å². The fourth-order valence-electron chi connectivity index (χ4n) is 3.25. The van der Waals surface area contributed by atoms with Crippen molar-refractivity contribution >= 4 is 11.7 Å². The number of nitrogens with two attached hydrogens (primary N) is 1. The molecule has 1 aliphatic heterocycles. The topological polar surface area (TPSA) is 82.2 Å². The van der Waals surface area contributed by atoms with E-state index in [1.54, 1.807) is 0 Å². The molecule has 3 N–H and O–H groups in total. The van der Waals surface area contributed by atoms with Gasteiger partial charge in [0.1, 0.15) is 5.41 Å². The Labute approximate surface area is 128 Å². The number of hydrogen-bond acceptors (Lipinski definition) is 4. The molecule has 21 heavy (non-hydrogen) atoms. The maximum Gasteiger partial charge on any atom is 0.236 e. The normalized spacial score (nSPS) is 22.2. The number of nitrogens with zero attached hydrogens (tertiary/aromatic N) is 3. The first-order valence-electron chi connectivity index (χ1n) is 7.94. The van der Waals surface area contributed by atoms with E-state index in [0.717, 1.165) is 32.5 Å². The summed E-state index contributed by atoms with van der Waals surface area (Å²) < 4.78 is 0. The molecule has 0 aromatic heterocycles. The highest BCUT2D eigenvalue weighted by atomic mass is 16.4. The lowest BCUT2D eigenvalue weighted by molar-refractivity contribution is -0.141. The molecular formula is C15H30N4O2. The summed E-state index contributed by atoms with van der Waals surface area (Å²) in [4.78, 5) is 17.4. The van der Waals surface area contributed by atoms with Crippen molar-refractivity contribution in [1.82, 2.24) is 9.80 Å². The molecular weight excluding hydrogens is 268 g/mol. The summed E-state index contributed by atoms with van der Waals surface area (Å²) in [6, 6.07) is 0.189. The molecule has 122 valence electrons. The molecule has 1 rings (SSSR count). The summed E-state index contributed by atoms with van der Waals surface area (Å²) in [6.45, 7) is 8.56. The van der Waals surface area contributed by atoms with E-state index in [1.165, 1.54) is 0 Å². The van der Waals surface area contributed by atoms with Crippen LogP contribution in [0.5, 0.6) is 0 Å². The third-order valence-corrected chi connectivity index (χ3v) is 4.85. The molecule has 1 heterocycles. The zero-order chi connectivity index (χ0) is 16.0. The third kappa shape index (κ3) is 3.48. The van der Waals surface area contributed by atoms with Gasteiger partial charge in [-0.2, -0.15) is 0 Å². The number of amidine groups is 1. The van der Waals surface area contributed by atoms with Gasteiger partial charge in [0.25, 0.3) is 0 Å². The third-order valence-electron chi connectivity index (χ3n) is 4.85. The standard InChI is InChI=1S/C15H30N4O2/c1-5-12-11-18(4)9-8-10-19(12)14(20)15(6-2,7-3)13(16)17-21/h12,21H,5-11H2,1-4H3,(H2,16,17). The van der Waals surface area contributed by atoms with E-state index in [9.17, 15) is 4.79 Å². The van der Waals surface area contributed by atoms with Crippen molar-refractivity contribution in [3.8, 4) is 0 Å². The number of amides is 1. The molecule has 0 aliphatic carbocycles. The van der Waals surface area contributed by atoms with Crippen LogP contribution in [0.25, 0.3) is 0 Å². The predicted molar refractivity (Wildman–Crippen MR) is 84.3 cm³/mol. The minimum absolute atomic E-state index is 0.00458. The first-order valence-corrected chi connectivity index (χ1v) is 7.94. The first-order chi connectivity index (χ1) is 9.96. The van der Waals surface area contributed by atoms with Gasteiger partial charge in [0, 0.05) is 19.1 Å². The summed E-state index contributed by atoms with van der Waals surface area (Å²) in [5.41, 5.74) is 4.99. The molecule has 1 aliphatic rings. The number of carbonyl (C=O) groups excluding carboxylic acids is 1. The van der Waals surface area contributed by atoms with E-state index >= 15 is 0 Å². The lowest BCUT2D eigenvalue weighted by Crippen LogP contribution is -2.54. The quantitative estimate of drug-likeness (QED) is 0.349. The smallest absolute Gasteiger partial charge is 0.236 e. The zero-order valence-electron chi connectivity index (χ0n) is 13.8. The first kappa shape index (κ1) is 17.8. The number of rotatable bonds is 5. The second-order valence-corrected chi connectivity index (χ2v) is 5.95. The molecule has 6 nitrogen and oxygen atoms in total. The average molecular weight is 298 g/mol. The van der Waals surface area contributed by atoms with Crippen molar-refractivity contribution in [3.05, 3.63) is 0 Å². The van der Waals surface area contributed by atoms with Gasteiger partial charge in [-0.1, -0.05) is 25.9 Å². The van der Waals surface area contributed by atoms with Crippen molar-refractivity contribution < 1.29 is 10.0 Å². The summed E-state index contributed by atoms with van der Waals surface area (Å²) in [5.74, 6) is 0.0369. The van der Waals surface area contributed by atoms with E-state index in [4.69, 9.17) is 10.9 Å². The van der Waals surface area contributed by atoms with E-state index in [-0.39, 0.29) is 17.8 Å². The lowest BCUT2D eigenvalue weighted by Gasteiger charge is -2.38. The van der Waals surface area contributed by atoms with E-state index in [1.807, 2.05) is 18.7 Å². The van der Waals surface area contributed by atoms with Crippen molar-refractivity contribution in [1.29, 1.82) is 0 Å². The Kier molecular flexibility index (Phi) is 6.45. The van der Waals surface area contributed by atoms with Crippen molar-refractivity contribution in [2.75, 3.05) is 26.7 Å². The van der Waals surface area contributed by atoms with Gasteiger partial charge >= 0.3 is 0 Å². The minimum Gasteiger partial charge on any atom is -0.409 e. The molecule has 0 radical (unpaired) electrons. The van der Waals surface area contributed by atoms with Crippen LogP contribution in [0.2, 0.25) is 0 Å². The largest absolute Gasteiger partial charge is 0.409 e. The summed E-state index contributed by atoms with van der Waals surface area (Å²) in [5, 5.41) is 12.2. The van der Waals surface area contributed by atoms with Crippen LogP contribution in [0.15, 0.2) is 5.16 Å². The SMILES string of the molecule is CCC1CN(C)CCCN1C(=O)C(CC)(CC)C(N)=NO. The fraction of sp³-hybridized carbons (Fsp3) is 0.867. The van der Waals surface area contributed by atoms with Crippen molar-refractivity contribution in [2.24, 2.45) is 16.3 Å². The number of likely N-dealkylation sites (N-methyl/N-ethyl adjacent to an activating group) is 1. The van der Waals surface area contributed by atoms with Crippen molar-refractivity contribution in [3.63, 3.8) is 0 Å². The summed E-state index contributed by atoms with van der Waals surface area (Å²) in [6.07, 6.45) is 2.95. The Morgan fingerprint density at radius 3 is 2.43 bits per heavy atom. The van der Waals surface area contributed by atoms with Crippen LogP contribution in [0.3, 0.4) is 0 Å². The molecule has 0 spiro atoms. The molecule has 1 atom stereocenters. The van der Waals surface area contributed by atoms with Crippen LogP contribution < -0.4 is 5.73 Å². The Hall–Kier alpha value is -1.30. The monoisotopic (exact) mass is 298 g/mol. The van der Waals surface area contributed by atoms with Gasteiger partial charge in [-0.15, -0.1) is 0 Å². The van der Waals surface area contributed by atoms with E-state index in [0.29, 0.717) is 12.8 Å². The second kappa shape index (κ2) is 7.64. The van der Waals surface area contributed by atoms with Gasteiger partial charge in [-0.05, 0) is 39.3 Å². The van der Waals surface area contributed by atoms with E-state index < -0.39 is 5.41 Å². The summed E-state index contributed by atoms with van der Waals surface area (Å²) in [7, 11) is 2.09. The molecule has 1 unspecified atom stereocenters. The van der Waals surface area contributed by atoms with Crippen LogP contribution in [0.1, 0.15) is 46.5 Å². The molecule has 1 amide bonds. The maximum atomic E-state index is 13.1. The second-order valence-electron chi connectivity index (χ2n) is 5.95. The number of hydrogen-bond donors (Lipinski definition) is 2. The van der Waals surface area contributed by atoms with Gasteiger partial charge in [0.05, 0.1) is 0 Å². The number of oxime groups is 1. The molecule has 0 aromatic rings. The highest BCUT2D eigenvalue weighted by Gasteiger charge is 2.44. The Morgan fingerprint density at radius 1 is 1.33 bits per heavy atom. The molecule has 1 fully saturated rings. The maximum absolute atomic E-state index is 13.1. The molecule has 0 saturated carbocycles. The molecule has 1 saturated heterocycles. The molecule has 0 aromatic carbocycles. The Balaban J connectivity index is 3.11. The van der Waals surface area contributed by atoms with Crippen LogP contribution in [0, 0.1) is 5.41 Å². The fourth-order valence-corrected chi connectivity index (χ4v) is 3.25. The highest BCUT2D eigenvalue weighted by Crippen LogP contribution is 2.31.